The predicted octanol–water partition coefficient (Wildman–Crippen LogP) is 3.30. The predicted molar refractivity (Wildman–Crippen MR) is 86.8 cm³/mol. The van der Waals surface area contributed by atoms with Crippen LogP contribution in [0.1, 0.15) is 13.3 Å². The maximum absolute atomic E-state index is 11.2. The first kappa shape index (κ1) is 17.9. The molecular formula is C15H21Cl2NO3. The molecule has 0 saturated heterocycles. The maximum atomic E-state index is 11.2. The first-order valence-electron chi connectivity index (χ1n) is 6.96. The van der Waals surface area contributed by atoms with Crippen LogP contribution in [0.25, 0.3) is 0 Å². The minimum absolute atomic E-state index is 0.241. The largest absolute Gasteiger partial charge is 0.493 e. The first-order valence-corrected chi connectivity index (χ1v) is 8.03. The van der Waals surface area contributed by atoms with E-state index in [1.165, 1.54) is 0 Å². The van der Waals surface area contributed by atoms with Gasteiger partial charge in [-0.25, -0.2) is 0 Å². The fourth-order valence-electron chi connectivity index (χ4n) is 1.83. The molecule has 1 aromatic carbocycles. The Hall–Kier alpha value is -1.13. The van der Waals surface area contributed by atoms with Gasteiger partial charge in [-0.3, -0.25) is 4.79 Å². The summed E-state index contributed by atoms with van der Waals surface area (Å²) in [6, 6.07) is 7.67. The molecule has 0 aromatic heterocycles. The summed E-state index contributed by atoms with van der Waals surface area (Å²) in [4.78, 5) is 13.3. The van der Waals surface area contributed by atoms with E-state index in [1.807, 2.05) is 24.3 Å². The van der Waals surface area contributed by atoms with Gasteiger partial charge in [-0.2, -0.15) is 0 Å². The zero-order valence-corrected chi connectivity index (χ0v) is 13.7. The lowest BCUT2D eigenvalue weighted by Crippen LogP contribution is -2.27. The molecule has 0 radical (unpaired) electrons. The van der Waals surface area contributed by atoms with E-state index >= 15 is 0 Å². The fourth-order valence-corrected chi connectivity index (χ4v) is 2.24. The standard InChI is InChI=1S/C15H21Cl2NO3/c1-2-20-15(19)6-11-21-14-5-3-4-13(12-14)18(9-7-16)10-8-17/h3-5,12H,2,6-11H2,1H3. The number of hydrogen-bond donors (Lipinski definition) is 0. The summed E-state index contributed by atoms with van der Waals surface area (Å²) in [5, 5.41) is 0. The van der Waals surface area contributed by atoms with E-state index < -0.39 is 0 Å². The lowest BCUT2D eigenvalue weighted by molar-refractivity contribution is -0.143. The molecule has 0 aliphatic heterocycles. The highest BCUT2D eigenvalue weighted by Crippen LogP contribution is 2.21. The van der Waals surface area contributed by atoms with Gasteiger partial charge in [0.2, 0.25) is 0 Å². The summed E-state index contributed by atoms with van der Waals surface area (Å²) < 4.78 is 10.4. The van der Waals surface area contributed by atoms with Gasteiger partial charge in [-0.05, 0) is 19.1 Å². The normalized spacial score (nSPS) is 10.2. The Morgan fingerprint density at radius 2 is 1.95 bits per heavy atom. The topological polar surface area (TPSA) is 38.8 Å². The molecule has 0 amide bonds. The number of rotatable bonds is 10. The number of alkyl halides is 2. The molecule has 0 aliphatic rings. The second-order valence-electron chi connectivity index (χ2n) is 4.27. The summed E-state index contributed by atoms with van der Waals surface area (Å²) >= 11 is 11.6. The van der Waals surface area contributed by atoms with Gasteiger partial charge in [0.05, 0.1) is 19.6 Å². The second kappa shape index (κ2) is 10.6. The van der Waals surface area contributed by atoms with Gasteiger partial charge in [0, 0.05) is 36.6 Å². The third-order valence-electron chi connectivity index (χ3n) is 2.77. The van der Waals surface area contributed by atoms with Crippen LogP contribution in [-0.4, -0.2) is 44.0 Å². The number of carbonyl (C=O) groups excluding carboxylic acids is 1. The number of carbonyl (C=O) groups is 1. The van der Waals surface area contributed by atoms with Gasteiger partial charge in [-0.15, -0.1) is 23.2 Å². The molecule has 0 heterocycles. The third kappa shape index (κ3) is 6.91. The SMILES string of the molecule is CCOC(=O)CCOc1cccc(N(CCCl)CCCl)c1. The van der Waals surface area contributed by atoms with Crippen molar-refractivity contribution in [3.05, 3.63) is 24.3 Å². The molecule has 21 heavy (non-hydrogen) atoms. The Morgan fingerprint density at radius 1 is 1.24 bits per heavy atom. The highest BCUT2D eigenvalue weighted by Gasteiger charge is 2.07. The minimum Gasteiger partial charge on any atom is -0.493 e. The van der Waals surface area contributed by atoms with Crippen molar-refractivity contribution >= 4 is 34.9 Å². The molecular weight excluding hydrogens is 313 g/mol. The van der Waals surface area contributed by atoms with Gasteiger partial charge in [0.15, 0.2) is 0 Å². The molecule has 0 atom stereocenters. The summed E-state index contributed by atoms with van der Waals surface area (Å²) in [6.45, 7) is 3.92. The highest BCUT2D eigenvalue weighted by atomic mass is 35.5. The van der Waals surface area contributed by atoms with Gasteiger partial charge in [0.25, 0.3) is 0 Å². The van der Waals surface area contributed by atoms with Crippen molar-refractivity contribution in [2.75, 3.05) is 43.0 Å². The lowest BCUT2D eigenvalue weighted by atomic mass is 10.2. The zero-order chi connectivity index (χ0) is 15.5. The van der Waals surface area contributed by atoms with Crippen LogP contribution in [0.15, 0.2) is 24.3 Å². The number of ether oxygens (including phenoxy) is 2. The number of esters is 1. The number of anilines is 1. The van der Waals surface area contributed by atoms with Crippen molar-refractivity contribution < 1.29 is 14.3 Å². The lowest BCUT2D eigenvalue weighted by Gasteiger charge is -2.23. The van der Waals surface area contributed by atoms with E-state index in [4.69, 9.17) is 32.7 Å². The Kier molecular flexibility index (Phi) is 9.02. The van der Waals surface area contributed by atoms with E-state index in [0.29, 0.717) is 30.7 Å². The van der Waals surface area contributed by atoms with E-state index in [1.54, 1.807) is 6.92 Å². The monoisotopic (exact) mass is 333 g/mol. The number of halogens is 2. The summed E-state index contributed by atoms with van der Waals surface area (Å²) in [5.41, 5.74) is 1.00. The minimum atomic E-state index is -0.250. The van der Waals surface area contributed by atoms with Crippen molar-refractivity contribution in [1.29, 1.82) is 0 Å². The second-order valence-corrected chi connectivity index (χ2v) is 5.02. The Bertz CT molecular complexity index is 423. The van der Waals surface area contributed by atoms with E-state index in [0.717, 1.165) is 18.8 Å². The molecule has 0 spiro atoms. The molecule has 0 aliphatic carbocycles. The zero-order valence-electron chi connectivity index (χ0n) is 12.2. The van der Waals surface area contributed by atoms with Crippen LogP contribution in [0, 0.1) is 0 Å². The van der Waals surface area contributed by atoms with Crippen LogP contribution in [0.2, 0.25) is 0 Å². The Morgan fingerprint density at radius 3 is 2.57 bits per heavy atom. The van der Waals surface area contributed by atoms with Crippen LogP contribution in [-0.2, 0) is 9.53 Å². The Labute approximate surface area is 135 Å². The van der Waals surface area contributed by atoms with E-state index in [-0.39, 0.29) is 12.4 Å². The Balaban J connectivity index is 2.56. The first-order chi connectivity index (χ1) is 10.2. The van der Waals surface area contributed by atoms with Crippen LogP contribution >= 0.6 is 23.2 Å². The molecule has 0 fully saturated rings. The van der Waals surface area contributed by atoms with E-state index in [9.17, 15) is 4.79 Å². The number of nitrogens with zero attached hydrogens (tertiary/aromatic N) is 1. The summed E-state index contributed by atoms with van der Waals surface area (Å²) in [7, 11) is 0. The fraction of sp³-hybridized carbons (Fsp3) is 0.533. The molecule has 118 valence electrons. The van der Waals surface area contributed by atoms with Crippen molar-refractivity contribution in [2.45, 2.75) is 13.3 Å². The van der Waals surface area contributed by atoms with Crippen LogP contribution in [0.3, 0.4) is 0 Å². The molecule has 4 nitrogen and oxygen atoms in total. The van der Waals surface area contributed by atoms with Crippen LogP contribution < -0.4 is 9.64 Å². The molecule has 1 aromatic rings. The molecule has 0 unspecified atom stereocenters. The summed E-state index contributed by atoms with van der Waals surface area (Å²) in [6.07, 6.45) is 0.241. The number of hydrogen-bond acceptors (Lipinski definition) is 4. The summed E-state index contributed by atoms with van der Waals surface area (Å²) in [5.74, 6) is 1.53. The van der Waals surface area contributed by atoms with Crippen molar-refractivity contribution in [3.63, 3.8) is 0 Å². The average molecular weight is 334 g/mol. The van der Waals surface area contributed by atoms with Gasteiger partial charge in [0.1, 0.15) is 5.75 Å². The quantitative estimate of drug-likeness (QED) is 0.486. The molecule has 1 rings (SSSR count). The van der Waals surface area contributed by atoms with Gasteiger partial charge >= 0.3 is 5.97 Å². The van der Waals surface area contributed by atoms with Gasteiger partial charge in [-0.1, -0.05) is 6.07 Å². The van der Waals surface area contributed by atoms with Crippen molar-refractivity contribution in [1.82, 2.24) is 0 Å². The molecule has 6 heteroatoms. The highest BCUT2D eigenvalue weighted by molar-refractivity contribution is 6.18. The van der Waals surface area contributed by atoms with Crippen molar-refractivity contribution in [2.24, 2.45) is 0 Å². The molecule has 0 saturated carbocycles. The third-order valence-corrected chi connectivity index (χ3v) is 3.11. The van der Waals surface area contributed by atoms with Crippen LogP contribution in [0.4, 0.5) is 5.69 Å². The molecule has 0 bridgehead atoms. The number of benzene rings is 1. The maximum Gasteiger partial charge on any atom is 0.309 e. The van der Waals surface area contributed by atoms with E-state index in [2.05, 4.69) is 4.90 Å². The average Bonchev–Trinajstić information content (AvgIpc) is 2.48. The smallest absolute Gasteiger partial charge is 0.309 e. The molecule has 0 N–H and O–H groups in total. The van der Waals surface area contributed by atoms with Gasteiger partial charge < -0.3 is 14.4 Å². The van der Waals surface area contributed by atoms with Crippen molar-refractivity contribution in [3.8, 4) is 5.75 Å². The van der Waals surface area contributed by atoms with Crippen LogP contribution in [0.5, 0.6) is 5.75 Å².